The van der Waals surface area contributed by atoms with Crippen molar-refractivity contribution in [3.63, 3.8) is 0 Å². The fraction of sp³-hybridized carbons (Fsp3) is 0.211. The van der Waals surface area contributed by atoms with Gasteiger partial charge in [0, 0.05) is 18.9 Å². The van der Waals surface area contributed by atoms with Crippen LogP contribution in [0.4, 0.5) is 18.9 Å². The molecule has 2 aromatic carbocycles. The lowest BCUT2D eigenvalue weighted by Gasteiger charge is -2.09. The number of ketones is 1. The maximum atomic E-state index is 13.0. The summed E-state index contributed by atoms with van der Waals surface area (Å²) in [6.45, 7) is 0.149. The lowest BCUT2D eigenvalue weighted by atomic mass is 10.0. The van der Waals surface area contributed by atoms with Gasteiger partial charge in [-0.2, -0.15) is 13.2 Å². The second-order valence-corrected chi connectivity index (χ2v) is 6.04. The van der Waals surface area contributed by atoms with Crippen LogP contribution >= 0.6 is 0 Å². The van der Waals surface area contributed by atoms with Gasteiger partial charge in [-0.25, -0.2) is 0 Å². The highest BCUT2D eigenvalue weighted by atomic mass is 19.4. The van der Waals surface area contributed by atoms with Gasteiger partial charge in [-0.1, -0.05) is 24.3 Å². The summed E-state index contributed by atoms with van der Waals surface area (Å²) < 4.78 is 49.4. The summed E-state index contributed by atoms with van der Waals surface area (Å²) in [5, 5.41) is 10.8. The summed E-state index contributed by atoms with van der Waals surface area (Å²) >= 11 is 0. The number of benzene rings is 2. The summed E-state index contributed by atoms with van der Waals surface area (Å²) in [4.78, 5) is 21.7. The third-order valence-corrected chi connectivity index (χ3v) is 4.02. The van der Waals surface area contributed by atoms with Crippen LogP contribution in [0.5, 0.6) is 11.5 Å². The van der Waals surface area contributed by atoms with Crippen molar-refractivity contribution in [2.24, 2.45) is 0 Å². The average molecular weight is 393 g/mol. The van der Waals surface area contributed by atoms with Gasteiger partial charge < -0.3 is 9.47 Å². The van der Waals surface area contributed by atoms with E-state index in [-0.39, 0.29) is 31.0 Å². The smallest absolute Gasteiger partial charge is 0.423 e. The Hall–Kier alpha value is -3.36. The minimum Gasteiger partial charge on any atom is -0.454 e. The zero-order chi connectivity index (χ0) is 20.3. The summed E-state index contributed by atoms with van der Waals surface area (Å²) in [7, 11) is 0. The topological polar surface area (TPSA) is 78.7 Å². The van der Waals surface area contributed by atoms with E-state index in [0.29, 0.717) is 17.6 Å². The number of fused-ring (bicyclic) bond motifs is 1. The van der Waals surface area contributed by atoms with Crippen molar-refractivity contribution in [2.45, 2.75) is 19.0 Å². The van der Waals surface area contributed by atoms with Crippen molar-refractivity contribution >= 4 is 17.5 Å². The quantitative estimate of drug-likeness (QED) is 0.531. The number of carbonyl (C=O) groups is 1. The molecule has 28 heavy (non-hydrogen) atoms. The molecular weight excluding hydrogens is 379 g/mol. The molecule has 6 nitrogen and oxygen atoms in total. The highest BCUT2D eigenvalue weighted by Crippen LogP contribution is 2.36. The second kappa shape index (κ2) is 7.71. The molecule has 2 aromatic rings. The first kappa shape index (κ1) is 19.4. The van der Waals surface area contributed by atoms with E-state index in [1.807, 2.05) is 0 Å². The average Bonchev–Trinajstić information content (AvgIpc) is 3.08. The lowest BCUT2D eigenvalue weighted by Crippen LogP contribution is -2.10. The van der Waals surface area contributed by atoms with Gasteiger partial charge in [0.1, 0.15) is 11.3 Å². The van der Waals surface area contributed by atoms with E-state index in [9.17, 15) is 28.1 Å². The molecule has 9 heteroatoms. The summed E-state index contributed by atoms with van der Waals surface area (Å²) in [6, 6.07) is 7.84. The fourth-order valence-corrected chi connectivity index (χ4v) is 2.72. The molecule has 0 radical (unpaired) electrons. The molecule has 1 aliphatic heterocycles. The number of halogens is 3. The van der Waals surface area contributed by atoms with Crippen molar-refractivity contribution in [1.82, 2.24) is 0 Å². The van der Waals surface area contributed by atoms with Crippen LogP contribution in [0.2, 0.25) is 0 Å². The number of allylic oxidation sites excluding steroid dienone is 1. The number of nitro groups is 1. The molecule has 0 amide bonds. The zero-order valence-corrected chi connectivity index (χ0v) is 14.4. The van der Waals surface area contributed by atoms with Gasteiger partial charge in [0.25, 0.3) is 5.69 Å². The molecule has 0 saturated heterocycles. The van der Waals surface area contributed by atoms with Crippen LogP contribution in [0.15, 0.2) is 42.5 Å². The van der Waals surface area contributed by atoms with E-state index in [0.717, 1.165) is 17.7 Å². The summed E-state index contributed by atoms with van der Waals surface area (Å²) in [5.74, 6) is 0.907. The molecule has 1 heterocycles. The van der Waals surface area contributed by atoms with Gasteiger partial charge in [-0.15, -0.1) is 0 Å². The molecule has 0 aromatic heterocycles. The molecular formula is C19H14F3NO5. The number of carbonyl (C=O) groups excluding carboxylic acids is 1. The van der Waals surface area contributed by atoms with Crippen LogP contribution in [-0.4, -0.2) is 17.5 Å². The number of hydrogen-bond acceptors (Lipinski definition) is 5. The normalized spacial score (nSPS) is 13.1. The van der Waals surface area contributed by atoms with Crippen LogP contribution < -0.4 is 9.47 Å². The molecule has 146 valence electrons. The van der Waals surface area contributed by atoms with Crippen molar-refractivity contribution in [2.75, 3.05) is 6.79 Å². The molecule has 0 bridgehead atoms. The molecule has 0 saturated carbocycles. The van der Waals surface area contributed by atoms with E-state index in [1.54, 1.807) is 30.4 Å². The Morgan fingerprint density at radius 3 is 2.61 bits per heavy atom. The Labute approximate surface area is 157 Å². The third kappa shape index (κ3) is 4.48. The van der Waals surface area contributed by atoms with Gasteiger partial charge in [-0.05, 0) is 29.3 Å². The van der Waals surface area contributed by atoms with Crippen molar-refractivity contribution in [3.8, 4) is 11.5 Å². The molecule has 0 fully saturated rings. The van der Waals surface area contributed by atoms with E-state index in [4.69, 9.17) is 9.47 Å². The summed E-state index contributed by atoms with van der Waals surface area (Å²) in [6.07, 6.45) is -1.84. The minimum absolute atomic E-state index is 0.00673. The number of alkyl halides is 3. The highest BCUT2D eigenvalue weighted by Gasteiger charge is 2.38. The van der Waals surface area contributed by atoms with Crippen LogP contribution in [0.1, 0.15) is 23.1 Å². The van der Waals surface area contributed by atoms with E-state index in [1.165, 1.54) is 0 Å². The lowest BCUT2D eigenvalue weighted by molar-refractivity contribution is -0.388. The SMILES string of the molecule is O=C(C/C=C/c1ccc2c(c1)OCO2)Cc1ccc([N+](=O)[O-])c(C(F)(F)F)c1. The minimum atomic E-state index is -4.87. The van der Waals surface area contributed by atoms with Crippen LogP contribution in [0.3, 0.4) is 0 Å². The Kier molecular flexibility index (Phi) is 5.34. The van der Waals surface area contributed by atoms with E-state index < -0.39 is 22.4 Å². The second-order valence-electron chi connectivity index (χ2n) is 6.04. The predicted octanol–water partition coefficient (Wildman–Crippen LogP) is 4.56. The largest absolute Gasteiger partial charge is 0.454 e. The zero-order valence-electron chi connectivity index (χ0n) is 14.4. The first-order valence-corrected chi connectivity index (χ1v) is 8.16. The highest BCUT2D eigenvalue weighted by molar-refractivity contribution is 5.83. The Bertz CT molecular complexity index is 953. The van der Waals surface area contributed by atoms with Gasteiger partial charge in [0.05, 0.1) is 4.92 Å². The van der Waals surface area contributed by atoms with Gasteiger partial charge in [0.2, 0.25) is 6.79 Å². The number of ether oxygens (including phenoxy) is 2. The molecule has 0 N–H and O–H groups in total. The van der Waals surface area contributed by atoms with Gasteiger partial charge in [0.15, 0.2) is 11.5 Å². The molecule has 0 atom stereocenters. The van der Waals surface area contributed by atoms with Crippen LogP contribution in [0.25, 0.3) is 6.08 Å². The van der Waals surface area contributed by atoms with Crippen LogP contribution in [0, 0.1) is 10.1 Å². The van der Waals surface area contributed by atoms with Crippen molar-refractivity contribution in [1.29, 1.82) is 0 Å². The molecule has 0 aliphatic carbocycles. The van der Waals surface area contributed by atoms with Gasteiger partial charge >= 0.3 is 6.18 Å². The number of nitro benzene ring substituents is 1. The van der Waals surface area contributed by atoms with Crippen molar-refractivity contribution < 1.29 is 32.4 Å². The standard InChI is InChI=1S/C19H14F3NO5/c20-19(21,22)15-9-13(4-6-16(15)23(25)26)8-14(24)3-1-2-12-5-7-17-18(10-12)28-11-27-17/h1-2,4-7,9-10H,3,8,11H2/b2-1+. The van der Waals surface area contributed by atoms with E-state index in [2.05, 4.69) is 0 Å². The number of hydrogen-bond donors (Lipinski definition) is 0. The Balaban J connectivity index is 1.65. The van der Waals surface area contributed by atoms with Crippen LogP contribution in [-0.2, 0) is 17.4 Å². The van der Waals surface area contributed by atoms with Crippen molar-refractivity contribution in [3.05, 3.63) is 69.3 Å². The van der Waals surface area contributed by atoms with E-state index >= 15 is 0 Å². The predicted molar refractivity (Wildman–Crippen MR) is 93.0 cm³/mol. The van der Waals surface area contributed by atoms with Gasteiger partial charge in [-0.3, -0.25) is 14.9 Å². The fourth-order valence-electron chi connectivity index (χ4n) is 2.72. The molecule has 3 rings (SSSR count). The Morgan fingerprint density at radius 1 is 1.14 bits per heavy atom. The molecule has 1 aliphatic rings. The Morgan fingerprint density at radius 2 is 1.89 bits per heavy atom. The maximum Gasteiger partial charge on any atom is 0.423 e. The number of Topliss-reactive ketones (excluding diaryl/α,β-unsaturated/α-hetero) is 1. The third-order valence-electron chi connectivity index (χ3n) is 4.02. The number of nitrogens with zero attached hydrogens (tertiary/aromatic N) is 1. The monoisotopic (exact) mass is 393 g/mol. The molecule has 0 spiro atoms. The first-order chi connectivity index (χ1) is 13.2. The number of rotatable bonds is 6. The summed E-state index contributed by atoms with van der Waals surface area (Å²) in [5.41, 5.74) is -1.55. The molecule has 0 unspecified atom stereocenters. The maximum absolute atomic E-state index is 13.0. The first-order valence-electron chi connectivity index (χ1n) is 8.16.